The maximum absolute atomic E-state index is 15.0. The number of aliphatic hydroxyl groups is 1. The number of alkyl halides is 4. The summed E-state index contributed by atoms with van der Waals surface area (Å²) in [6.45, 7) is 0.812. The van der Waals surface area contributed by atoms with Crippen molar-refractivity contribution in [3.63, 3.8) is 0 Å². The van der Waals surface area contributed by atoms with Crippen LogP contribution in [0.1, 0.15) is 25.3 Å². The molecule has 0 aromatic carbocycles. The van der Waals surface area contributed by atoms with Crippen LogP contribution in [0.25, 0.3) is 0 Å². The van der Waals surface area contributed by atoms with E-state index in [9.17, 15) is 31.1 Å². The van der Waals surface area contributed by atoms with E-state index in [1.165, 1.54) is 25.0 Å². The molecule has 200 valence electrons. The molecular weight excluding hydrogens is 514 g/mol. The highest BCUT2D eigenvalue weighted by Crippen LogP contribution is 2.37. The van der Waals surface area contributed by atoms with Crippen LogP contribution in [0, 0.1) is 0 Å². The van der Waals surface area contributed by atoms with Gasteiger partial charge in [0.25, 0.3) is 15.2 Å². The van der Waals surface area contributed by atoms with Crippen molar-refractivity contribution in [3.8, 4) is 5.88 Å². The summed E-state index contributed by atoms with van der Waals surface area (Å²) >= 11 is 0. The van der Waals surface area contributed by atoms with Crippen LogP contribution in [-0.2, 0) is 28.0 Å². The number of aryl methyl sites for hydroxylation is 1. The molecule has 0 unspecified atom stereocenters. The Kier molecular flexibility index (Phi) is 7.11. The number of piperidine rings is 1. The van der Waals surface area contributed by atoms with Crippen molar-refractivity contribution in [1.29, 1.82) is 0 Å². The van der Waals surface area contributed by atoms with Gasteiger partial charge in [-0.3, -0.25) is 4.68 Å². The number of rotatable bonds is 6. The molecular formula is C19H25F4N7O5S. The Bertz CT molecular complexity index is 1190. The van der Waals surface area contributed by atoms with E-state index >= 15 is 0 Å². The maximum atomic E-state index is 15.0. The number of aromatic nitrogens is 5. The second kappa shape index (κ2) is 9.68. The summed E-state index contributed by atoms with van der Waals surface area (Å²) in [7, 11) is -2.62. The van der Waals surface area contributed by atoms with Crippen molar-refractivity contribution in [2.24, 2.45) is 7.05 Å². The molecule has 0 spiro atoms. The van der Waals surface area contributed by atoms with Crippen LogP contribution in [-0.4, -0.2) is 92.8 Å². The van der Waals surface area contributed by atoms with Crippen LogP contribution in [0.2, 0.25) is 0 Å². The molecule has 2 aromatic heterocycles. The molecule has 17 heteroatoms. The third kappa shape index (κ3) is 5.52. The first-order chi connectivity index (χ1) is 16.8. The molecule has 4 heterocycles. The Balaban J connectivity index is 1.50. The fourth-order valence-electron chi connectivity index (χ4n) is 3.89. The molecule has 2 aromatic rings. The second-order valence-electron chi connectivity index (χ2n) is 8.83. The Hall–Kier alpha value is -2.63. The molecule has 2 aliphatic rings. The van der Waals surface area contributed by atoms with Gasteiger partial charge in [-0.05, 0) is 13.3 Å². The van der Waals surface area contributed by atoms with E-state index in [1.54, 1.807) is 0 Å². The quantitative estimate of drug-likeness (QED) is 0.505. The highest BCUT2D eigenvalue weighted by atomic mass is 32.2. The Labute approximate surface area is 203 Å². The van der Waals surface area contributed by atoms with Crippen LogP contribution in [0.3, 0.4) is 0 Å². The van der Waals surface area contributed by atoms with Gasteiger partial charge in [-0.1, -0.05) is 0 Å². The fraction of sp³-hybridized carbons (Fsp3) is 0.684. The fourth-order valence-corrected chi connectivity index (χ4v) is 5.22. The predicted molar refractivity (Wildman–Crippen MR) is 114 cm³/mol. The minimum atomic E-state index is -4.84. The minimum Gasteiger partial charge on any atom is -0.471 e. The lowest BCUT2D eigenvalue weighted by atomic mass is 9.95. The maximum Gasteiger partial charge on any atom is 0.423 e. The lowest BCUT2D eigenvalue weighted by Gasteiger charge is -2.36. The summed E-state index contributed by atoms with van der Waals surface area (Å²) in [4.78, 5) is 11.2. The number of halogens is 4. The van der Waals surface area contributed by atoms with Crippen molar-refractivity contribution in [3.05, 3.63) is 18.1 Å². The number of nitrogens with zero attached hydrogens (tertiary/aromatic N) is 6. The molecule has 0 aliphatic carbocycles. The van der Waals surface area contributed by atoms with E-state index in [2.05, 4.69) is 25.4 Å². The molecule has 4 rings (SSSR count). The molecule has 4 atom stereocenters. The summed E-state index contributed by atoms with van der Waals surface area (Å²) < 4.78 is 93.6. The number of hydrogen-bond donors (Lipinski definition) is 2. The lowest BCUT2D eigenvalue weighted by Crippen LogP contribution is -2.51. The van der Waals surface area contributed by atoms with Gasteiger partial charge in [-0.25, -0.2) is 22.8 Å². The van der Waals surface area contributed by atoms with Gasteiger partial charge >= 0.3 is 6.18 Å². The summed E-state index contributed by atoms with van der Waals surface area (Å²) in [5.41, 5.74) is -2.80. The number of hydrogen-bond acceptors (Lipinski definition) is 10. The zero-order valence-electron chi connectivity index (χ0n) is 19.3. The Morgan fingerprint density at radius 3 is 2.67 bits per heavy atom. The van der Waals surface area contributed by atoms with E-state index in [4.69, 9.17) is 9.47 Å². The van der Waals surface area contributed by atoms with Gasteiger partial charge in [0.05, 0.1) is 19.3 Å². The van der Waals surface area contributed by atoms with E-state index < -0.39 is 63.3 Å². The number of anilines is 1. The summed E-state index contributed by atoms with van der Waals surface area (Å²) in [6.07, 6.45) is -5.79. The van der Waals surface area contributed by atoms with Crippen LogP contribution in [0.15, 0.2) is 17.7 Å². The average Bonchev–Trinajstić information content (AvgIpc) is 3.23. The third-order valence-electron chi connectivity index (χ3n) is 5.89. The summed E-state index contributed by atoms with van der Waals surface area (Å²) in [6, 6.07) is -0.982. The third-order valence-corrected chi connectivity index (χ3v) is 7.55. The zero-order valence-corrected chi connectivity index (χ0v) is 20.1. The predicted octanol–water partition coefficient (Wildman–Crippen LogP) is 0.756. The van der Waals surface area contributed by atoms with E-state index in [1.807, 2.05) is 0 Å². The van der Waals surface area contributed by atoms with Crippen molar-refractivity contribution < 1.29 is 40.6 Å². The van der Waals surface area contributed by atoms with Gasteiger partial charge < -0.3 is 19.9 Å². The molecule has 0 saturated carbocycles. The van der Waals surface area contributed by atoms with Crippen LogP contribution >= 0.6 is 0 Å². The van der Waals surface area contributed by atoms with E-state index in [-0.39, 0.29) is 38.5 Å². The largest absolute Gasteiger partial charge is 0.471 e. The molecule has 0 radical (unpaired) electrons. The topological polar surface area (TPSA) is 145 Å². The number of nitrogens with one attached hydrogen (secondary N) is 1. The highest BCUT2D eigenvalue weighted by molar-refractivity contribution is 7.88. The van der Waals surface area contributed by atoms with Gasteiger partial charge in [0.1, 0.15) is 29.8 Å². The minimum absolute atomic E-state index is 0.0253. The van der Waals surface area contributed by atoms with Gasteiger partial charge in [0.15, 0.2) is 0 Å². The Morgan fingerprint density at radius 2 is 2.06 bits per heavy atom. The normalized spacial score (nSPS) is 28.1. The molecule has 2 N–H and O–H groups in total. The van der Waals surface area contributed by atoms with Gasteiger partial charge in [-0.2, -0.15) is 22.5 Å². The molecule has 12 nitrogen and oxygen atoms in total. The SMILES string of the molecule is Cn1cnc(S(=O)(=O)N2CC[C@@H](Nc3ncc(C(F)(F)F)c(O[C@H]4CCOC[C@@]4(C)O)n3)[C@H](F)C2)n1. The van der Waals surface area contributed by atoms with Crippen LogP contribution in [0.5, 0.6) is 5.88 Å². The number of sulfonamides is 1. The van der Waals surface area contributed by atoms with Crippen LogP contribution in [0.4, 0.5) is 23.5 Å². The van der Waals surface area contributed by atoms with Crippen molar-refractivity contribution >= 4 is 16.0 Å². The second-order valence-corrected chi connectivity index (χ2v) is 10.7. The summed E-state index contributed by atoms with van der Waals surface area (Å²) in [5.74, 6) is -1.15. The van der Waals surface area contributed by atoms with Gasteiger partial charge in [-0.15, -0.1) is 5.10 Å². The molecule has 2 fully saturated rings. The standard InChI is InChI=1S/C19H25F4N7O5S/c1-18(31)9-34-6-4-14(18)35-15-11(19(21,22)23)7-24-16(27-15)26-13-3-5-30(8-12(13)20)36(32,33)17-25-10-29(2)28-17/h7,10,12-14,31H,3-6,8-9H2,1-2H3,(H,24,26,27)/t12-,13-,14+,18-/m1/s1. The molecule has 0 amide bonds. The zero-order chi connectivity index (χ0) is 26.3. The summed E-state index contributed by atoms with van der Waals surface area (Å²) in [5, 5.41) is 16.4. The monoisotopic (exact) mass is 539 g/mol. The number of ether oxygens (including phenoxy) is 2. The average molecular weight is 540 g/mol. The Morgan fingerprint density at radius 1 is 1.31 bits per heavy atom. The van der Waals surface area contributed by atoms with Crippen molar-refractivity contribution in [2.45, 2.75) is 55.0 Å². The van der Waals surface area contributed by atoms with Crippen LogP contribution < -0.4 is 10.1 Å². The molecule has 2 saturated heterocycles. The molecule has 2 aliphatic heterocycles. The van der Waals surface area contributed by atoms with E-state index in [0.29, 0.717) is 6.20 Å². The smallest absolute Gasteiger partial charge is 0.423 e. The van der Waals surface area contributed by atoms with Gasteiger partial charge in [0, 0.05) is 32.8 Å². The van der Waals surface area contributed by atoms with E-state index in [0.717, 1.165) is 4.31 Å². The molecule has 0 bridgehead atoms. The first kappa shape index (κ1) is 26.4. The van der Waals surface area contributed by atoms with Crippen molar-refractivity contribution in [2.75, 3.05) is 31.6 Å². The molecule has 36 heavy (non-hydrogen) atoms. The lowest BCUT2D eigenvalue weighted by molar-refractivity contribution is -0.152. The first-order valence-corrected chi connectivity index (χ1v) is 12.4. The first-order valence-electron chi connectivity index (χ1n) is 10.9. The highest BCUT2D eigenvalue weighted by Gasteiger charge is 2.42. The van der Waals surface area contributed by atoms with Gasteiger partial charge in [0.2, 0.25) is 11.8 Å². The van der Waals surface area contributed by atoms with Crippen molar-refractivity contribution in [1.82, 2.24) is 29.0 Å².